The second kappa shape index (κ2) is 5.83. The van der Waals surface area contributed by atoms with E-state index >= 15 is 0 Å². The van der Waals surface area contributed by atoms with Gasteiger partial charge >= 0.3 is 0 Å². The minimum atomic E-state index is 0.487. The van der Waals surface area contributed by atoms with Crippen LogP contribution in [0.2, 0.25) is 0 Å². The number of rotatable bonds is 2. The lowest BCUT2D eigenvalue weighted by Crippen LogP contribution is -2.27. The molecule has 1 unspecified atom stereocenters. The molecule has 0 aliphatic carbocycles. The van der Waals surface area contributed by atoms with Gasteiger partial charge in [0.1, 0.15) is 0 Å². The number of benzene rings is 1. The predicted octanol–water partition coefficient (Wildman–Crippen LogP) is 3.22. The summed E-state index contributed by atoms with van der Waals surface area (Å²) in [5.74, 6) is 1.85. The Kier molecular flexibility index (Phi) is 3.92. The summed E-state index contributed by atoms with van der Waals surface area (Å²) in [5.41, 5.74) is 2.80. The maximum absolute atomic E-state index is 5.83. The van der Waals surface area contributed by atoms with Crippen molar-refractivity contribution in [1.29, 1.82) is 0 Å². The first-order valence-electron chi connectivity index (χ1n) is 7.54. The SMILES string of the molecule is CCc1cc2c(cc1C1CCCCN1)OCCCO2. The highest BCUT2D eigenvalue weighted by Crippen LogP contribution is 2.37. The van der Waals surface area contributed by atoms with Gasteiger partial charge in [-0.05, 0) is 49.1 Å². The van der Waals surface area contributed by atoms with E-state index in [0.29, 0.717) is 6.04 Å². The van der Waals surface area contributed by atoms with Gasteiger partial charge in [0.25, 0.3) is 0 Å². The van der Waals surface area contributed by atoms with E-state index in [4.69, 9.17) is 9.47 Å². The summed E-state index contributed by atoms with van der Waals surface area (Å²) >= 11 is 0. The first kappa shape index (κ1) is 12.8. The summed E-state index contributed by atoms with van der Waals surface area (Å²) in [5, 5.41) is 3.64. The van der Waals surface area contributed by atoms with Crippen molar-refractivity contribution in [2.45, 2.75) is 45.1 Å². The van der Waals surface area contributed by atoms with E-state index in [-0.39, 0.29) is 0 Å². The third-order valence-corrected chi connectivity index (χ3v) is 4.08. The van der Waals surface area contributed by atoms with Crippen molar-refractivity contribution in [2.75, 3.05) is 19.8 Å². The molecule has 1 aromatic rings. The summed E-state index contributed by atoms with van der Waals surface area (Å²) in [7, 11) is 0. The molecule has 2 heterocycles. The average Bonchev–Trinajstić information content (AvgIpc) is 2.71. The van der Waals surface area contributed by atoms with Crippen molar-refractivity contribution in [1.82, 2.24) is 5.32 Å². The zero-order valence-electron chi connectivity index (χ0n) is 11.7. The minimum Gasteiger partial charge on any atom is -0.490 e. The summed E-state index contributed by atoms with van der Waals surface area (Å²) in [6, 6.07) is 4.88. The summed E-state index contributed by atoms with van der Waals surface area (Å²) in [6.45, 7) is 4.86. The van der Waals surface area contributed by atoms with Crippen LogP contribution < -0.4 is 14.8 Å². The molecule has 0 bridgehead atoms. The highest BCUT2D eigenvalue weighted by atomic mass is 16.5. The van der Waals surface area contributed by atoms with Crippen LogP contribution in [-0.2, 0) is 6.42 Å². The second-order valence-corrected chi connectivity index (χ2v) is 5.40. The Hall–Kier alpha value is -1.22. The van der Waals surface area contributed by atoms with Crippen LogP contribution in [0.1, 0.15) is 49.8 Å². The number of ether oxygens (including phenoxy) is 2. The van der Waals surface area contributed by atoms with Crippen molar-refractivity contribution < 1.29 is 9.47 Å². The first-order valence-corrected chi connectivity index (χ1v) is 7.54. The Labute approximate surface area is 115 Å². The number of aryl methyl sites for hydroxylation is 1. The van der Waals surface area contributed by atoms with Gasteiger partial charge in [-0.1, -0.05) is 13.3 Å². The lowest BCUT2D eigenvalue weighted by atomic mass is 9.92. The number of hydrogen-bond acceptors (Lipinski definition) is 3. The molecule has 0 saturated carbocycles. The third-order valence-electron chi connectivity index (χ3n) is 4.08. The van der Waals surface area contributed by atoms with Crippen LogP contribution in [0, 0.1) is 0 Å². The molecule has 1 atom stereocenters. The molecule has 0 amide bonds. The van der Waals surface area contributed by atoms with Crippen LogP contribution in [0.4, 0.5) is 0 Å². The molecule has 1 fully saturated rings. The summed E-state index contributed by atoms with van der Waals surface area (Å²) in [4.78, 5) is 0. The van der Waals surface area contributed by atoms with Crippen molar-refractivity contribution in [3.05, 3.63) is 23.3 Å². The van der Waals surface area contributed by atoms with Crippen LogP contribution in [0.15, 0.2) is 12.1 Å². The maximum atomic E-state index is 5.83. The molecule has 0 radical (unpaired) electrons. The average molecular weight is 261 g/mol. The fourth-order valence-corrected chi connectivity index (χ4v) is 3.01. The van der Waals surface area contributed by atoms with Crippen LogP contribution >= 0.6 is 0 Å². The van der Waals surface area contributed by atoms with Crippen LogP contribution in [0.5, 0.6) is 11.5 Å². The van der Waals surface area contributed by atoms with Crippen LogP contribution in [0.3, 0.4) is 0 Å². The number of nitrogens with one attached hydrogen (secondary N) is 1. The van der Waals surface area contributed by atoms with E-state index in [1.165, 1.54) is 30.4 Å². The molecule has 0 spiro atoms. The Balaban J connectivity index is 1.95. The lowest BCUT2D eigenvalue weighted by molar-refractivity contribution is 0.296. The fraction of sp³-hybridized carbons (Fsp3) is 0.625. The Morgan fingerprint density at radius 1 is 1.11 bits per heavy atom. The molecule has 1 N–H and O–H groups in total. The van der Waals surface area contributed by atoms with Gasteiger partial charge in [0.2, 0.25) is 0 Å². The molecule has 2 aliphatic rings. The molecule has 3 nitrogen and oxygen atoms in total. The molecule has 1 aromatic carbocycles. The molecule has 19 heavy (non-hydrogen) atoms. The van der Waals surface area contributed by atoms with Gasteiger partial charge in [0.05, 0.1) is 13.2 Å². The van der Waals surface area contributed by atoms with E-state index in [9.17, 15) is 0 Å². The van der Waals surface area contributed by atoms with E-state index in [1.54, 1.807) is 0 Å². The van der Waals surface area contributed by atoms with Gasteiger partial charge in [-0.25, -0.2) is 0 Å². The van der Waals surface area contributed by atoms with Gasteiger partial charge in [-0.15, -0.1) is 0 Å². The monoisotopic (exact) mass is 261 g/mol. The second-order valence-electron chi connectivity index (χ2n) is 5.40. The Bertz CT molecular complexity index is 439. The molecule has 1 saturated heterocycles. The van der Waals surface area contributed by atoms with Gasteiger partial charge in [0, 0.05) is 12.5 Å². The van der Waals surface area contributed by atoms with Gasteiger partial charge in [-0.2, -0.15) is 0 Å². The van der Waals surface area contributed by atoms with Crippen molar-refractivity contribution in [3.63, 3.8) is 0 Å². The zero-order valence-corrected chi connectivity index (χ0v) is 11.7. The highest BCUT2D eigenvalue weighted by molar-refractivity contribution is 5.49. The van der Waals surface area contributed by atoms with E-state index < -0.39 is 0 Å². The largest absolute Gasteiger partial charge is 0.490 e. The number of piperidine rings is 1. The van der Waals surface area contributed by atoms with Gasteiger partial charge in [-0.3, -0.25) is 0 Å². The topological polar surface area (TPSA) is 30.5 Å². The van der Waals surface area contributed by atoms with E-state index in [0.717, 1.165) is 44.1 Å². The normalized spacial score (nSPS) is 22.9. The number of fused-ring (bicyclic) bond motifs is 1. The fourth-order valence-electron chi connectivity index (χ4n) is 3.01. The quantitative estimate of drug-likeness (QED) is 0.886. The molecule has 104 valence electrons. The molecular weight excluding hydrogens is 238 g/mol. The smallest absolute Gasteiger partial charge is 0.161 e. The summed E-state index contributed by atoms with van der Waals surface area (Å²) in [6.07, 6.45) is 5.85. The Morgan fingerprint density at radius 3 is 2.58 bits per heavy atom. The maximum Gasteiger partial charge on any atom is 0.161 e. The molecule has 3 heteroatoms. The molecular formula is C16H23NO2. The van der Waals surface area contributed by atoms with E-state index in [2.05, 4.69) is 24.4 Å². The number of hydrogen-bond donors (Lipinski definition) is 1. The third kappa shape index (κ3) is 2.71. The zero-order chi connectivity index (χ0) is 13.1. The molecule has 0 aromatic heterocycles. The van der Waals surface area contributed by atoms with Gasteiger partial charge in [0.15, 0.2) is 11.5 Å². The predicted molar refractivity (Wildman–Crippen MR) is 76.0 cm³/mol. The van der Waals surface area contributed by atoms with Crippen LogP contribution in [0.25, 0.3) is 0 Å². The van der Waals surface area contributed by atoms with Crippen molar-refractivity contribution >= 4 is 0 Å². The van der Waals surface area contributed by atoms with Crippen LogP contribution in [-0.4, -0.2) is 19.8 Å². The standard InChI is InChI=1S/C16H23NO2/c1-2-12-10-15-16(19-9-5-8-18-15)11-13(12)14-6-3-4-7-17-14/h10-11,14,17H,2-9H2,1H3. The Morgan fingerprint density at radius 2 is 1.89 bits per heavy atom. The van der Waals surface area contributed by atoms with Crippen molar-refractivity contribution in [2.24, 2.45) is 0 Å². The van der Waals surface area contributed by atoms with Crippen molar-refractivity contribution in [3.8, 4) is 11.5 Å². The van der Waals surface area contributed by atoms with Gasteiger partial charge < -0.3 is 14.8 Å². The highest BCUT2D eigenvalue weighted by Gasteiger charge is 2.21. The minimum absolute atomic E-state index is 0.487. The lowest BCUT2D eigenvalue weighted by Gasteiger charge is -2.26. The molecule has 3 rings (SSSR count). The van der Waals surface area contributed by atoms with E-state index in [1.807, 2.05) is 0 Å². The summed E-state index contributed by atoms with van der Waals surface area (Å²) < 4.78 is 11.6. The molecule has 2 aliphatic heterocycles. The first-order chi connectivity index (χ1) is 9.38.